The molecule has 2 amide bonds. The number of aliphatic hydroxyl groups is 1. The number of nitrogens with zero attached hydrogens (tertiary/aromatic N) is 5. The predicted molar refractivity (Wildman–Crippen MR) is 188 cm³/mol. The number of hydrogen-bond acceptors (Lipinski definition) is 8. The molecule has 2 aromatic rings. The van der Waals surface area contributed by atoms with Crippen molar-refractivity contribution in [3.8, 4) is 0 Å². The normalized spacial score (nSPS) is 20.2. The maximum absolute atomic E-state index is 14.9. The number of nitrogens with one attached hydrogen (secondary N) is 2. The summed E-state index contributed by atoms with van der Waals surface area (Å²) < 4.78 is 46.4. The molecule has 1 aromatic carbocycles. The van der Waals surface area contributed by atoms with Crippen LogP contribution in [0.1, 0.15) is 74.0 Å². The number of carbonyl (C=O) groups is 2. The van der Waals surface area contributed by atoms with Gasteiger partial charge in [-0.3, -0.25) is 19.5 Å². The van der Waals surface area contributed by atoms with Crippen LogP contribution in [0.25, 0.3) is 5.57 Å². The lowest BCUT2D eigenvalue weighted by Gasteiger charge is -2.39. The number of likely N-dealkylation sites (tertiary alicyclic amines) is 1. The van der Waals surface area contributed by atoms with E-state index in [0.29, 0.717) is 61.9 Å². The van der Waals surface area contributed by atoms with Crippen LogP contribution in [-0.4, -0.2) is 73.6 Å². The van der Waals surface area contributed by atoms with Crippen molar-refractivity contribution in [2.24, 2.45) is 10.9 Å². The second kappa shape index (κ2) is 15.1. The van der Waals surface area contributed by atoms with E-state index >= 15 is 0 Å². The summed E-state index contributed by atoms with van der Waals surface area (Å²) in [5.41, 5.74) is -0.526. The Balaban J connectivity index is 1.41. The Labute approximate surface area is 302 Å². The van der Waals surface area contributed by atoms with Crippen molar-refractivity contribution in [3.05, 3.63) is 93.2 Å². The molecule has 1 saturated heterocycles. The van der Waals surface area contributed by atoms with E-state index in [9.17, 15) is 32.7 Å². The van der Waals surface area contributed by atoms with Crippen molar-refractivity contribution in [2.45, 2.75) is 69.5 Å². The van der Waals surface area contributed by atoms with Crippen LogP contribution in [-0.2, 0) is 32.5 Å². The summed E-state index contributed by atoms with van der Waals surface area (Å²) in [6.45, 7) is 5.89. The Bertz CT molecular complexity index is 1970. The topological polar surface area (TPSA) is 155 Å². The smallest absolute Gasteiger partial charge is 0.416 e. The second-order valence-electron chi connectivity index (χ2n) is 13.3. The lowest BCUT2D eigenvalue weighted by Crippen LogP contribution is -2.48. The van der Waals surface area contributed by atoms with Crippen LogP contribution in [0, 0.1) is 5.92 Å². The first-order valence-corrected chi connectivity index (χ1v) is 17.4. The molecule has 52 heavy (non-hydrogen) atoms. The highest BCUT2D eigenvalue weighted by Crippen LogP contribution is 2.56. The minimum atomic E-state index is -4.62. The first kappa shape index (κ1) is 37.0. The third kappa shape index (κ3) is 7.70. The van der Waals surface area contributed by atoms with Gasteiger partial charge >= 0.3 is 6.18 Å². The van der Waals surface area contributed by atoms with Crippen LogP contribution in [0.2, 0.25) is 5.02 Å². The van der Waals surface area contributed by atoms with E-state index < -0.39 is 41.1 Å². The van der Waals surface area contributed by atoms with Crippen molar-refractivity contribution < 1.29 is 32.6 Å². The maximum Gasteiger partial charge on any atom is 0.416 e. The van der Waals surface area contributed by atoms with Crippen LogP contribution in [0.15, 0.2) is 65.0 Å². The molecule has 2 aliphatic heterocycles. The molecule has 0 radical (unpaired) electrons. The molecule has 6 rings (SSSR count). The van der Waals surface area contributed by atoms with Gasteiger partial charge in [-0.1, -0.05) is 24.3 Å². The zero-order valence-corrected chi connectivity index (χ0v) is 29.3. The lowest BCUT2D eigenvalue weighted by molar-refractivity contribution is -0.137. The van der Waals surface area contributed by atoms with E-state index in [-0.39, 0.29) is 41.2 Å². The van der Waals surface area contributed by atoms with Crippen LogP contribution < -0.4 is 10.9 Å². The summed E-state index contributed by atoms with van der Waals surface area (Å²) in [4.78, 5) is 56.9. The van der Waals surface area contributed by atoms with Crippen LogP contribution in [0.5, 0.6) is 0 Å². The fourth-order valence-electron chi connectivity index (χ4n) is 7.29. The predicted octanol–water partition coefficient (Wildman–Crippen LogP) is 6.01. The van der Waals surface area contributed by atoms with E-state index in [2.05, 4.69) is 27.0 Å². The quantitative estimate of drug-likeness (QED) is 0.221. The number of ether oxygens (including phenoxy) is 1. The summed E-state index contributed by atoms with van der Waals surface area (Å²) in [5.74, 6) is -0.853. The van der Waals surface area contributed by atoms with Gasteiger partial charge in [0.1, 0.15) is 24.5 Å². The highest BCUT2D eigenvalue weighted by Gasteiger charge is 2.52. The standard InChI is InChI=1S/C36H39ClF3N7O5/c1-3-27(48)31(41-4-2)34(51)46-13-11-35(12-14-46)18-24(21-5-6-21)30-29(35)33(50)47(45-32(43-20-42-30)22-9-15-52-16-10-22)19-28(49)44-26-8-7-23(17-25(26)37)36(38,39)40/h3-4,7-9,17,20-21,24,48H,2,5-6,10-16,18-19H2,1H3,(H,44,49)(H,42,43,45)/b27-3+,41-31?. The van der Waals surface area contributed by atoms with Crippen LogP contribution in [0.4, 0.5) is 18.9 Å². The third-order valence-electron chi connectivity index (χ3n) is 10.1. The largest absolute Gasteiger partial charge is 0.506 e. The van der Waals surface area contributed by atoms with Gasteiger partial charge in [0.05, 0.1) is 35.2 Å². The number of carbonyl (C=O) groups excluding carboxylic acids is 2. The minimum absolute atomic E-state index is 0.0388. The first-order valence-electron chi connectivity index (χ1n) is 17.1. The number of benzene rings is 1. The number of aliphatic hydroxyl groups excluding tert-OH is 1. The van der Waals surface area contributed by atoms with Crippen molar-refractivity contribution in [2.75, 3.05) is 31.6 Å². The molecule has 2 aliphatic carbocycles. The number of aromatic amines is 1. The highest BCUT2D eigenvalue weighted by molar-refractivity contribution is 6.44. The number of allylic oxidation sites excluding steroid dienone is 1. The Morgan fingerprint density at radius 2 is 2.00 bits per heavy atom. The molecule has 3 heterocycles. The number of aromatic nitrogens is 4. The molecule has 2 fully saturated rings. The van der Waals surface area contributed by atoms with Crippen molar-refractivity contribution in [3.63, 3.8) is 0 Å². The highest BCUT2D eigenvalue weighted by atomic mass is 35.5. The molecule has 1 unspecified atom stereocenters. The number of aliphatic imine (C=N–C) groups is 1. The van der Waals surface area contributed by atoms with E-state index in [1.54, 1.807) is 11.8 Å². The minimum Gasteiger partial charge on any atom is -0.506 e. The summed E-state index contributed by atoms with van der Waals surface area (Å²) in [7, 11) is 0. The summed E-state index contributed by atoms with van der Waals surface area (Å²) in [6, 6.07) is 2.60. The number of hydrogen-bond donors (Lipinski definition) is 3. The fourth-order valence-corrected chi connectivity index (χ4v) is 7.52. The molecule has 1 saturated carbocycles. The molecule has 1 aromatic heterocycles. The molecule has 12 nitrogen and oxygen atoms in total. The van der Waals surface area contributed by atoms with Gasteiger partial charge in [0.2, 0.25) is 5.91 Å². The summed E-state index contributed by atoms with van der Waals surface area (Å²) in [5, 5.41) is 15.6. The zero-order chi connectivity index (χ0) is 37.2. The zero-order valence-electron chi connectivity index (χ0n) is 28.5. The van der Waals surface area contributed by atoms with Gasteiger partial charge < -0.3 is 20.1 Å². The van der Waals surface area contributed by atoms with Gasteiger partial charge in [0, 0.05) is 36.2 Å². The molecule has 0 bridgehead atoms. The molecule has 276 valence electrons. The van der Waals surface area contributed by atoms with Crippen LogP contribution in [0.3, 0.4) is 0 Å². The third-order valence-corrected chi connectivity index (χ3v) is 10.4. The summed E-state index contributed by atoms with van der Waals surface area (Å²) >= 11 is 6.13. The molecular weight excluding hydrogens is 703 g/mol. The average Bonchev–Trinajstić information content (AvgIpc) is 3.92. The number of anilines is 1. The Kier molecular flexibility index (Phi) is 10.7. The van der Waals surface area contributed by atoms with E-state index in [4.69, 9.17) is 21.3 Å². The number of alkyl halides is 3. The lowest BCUT2D eigenvalue weighted by atomic mass is 9.73. The summed E-state index contributed by atoms with van der Waals surface area (Å²) in [6.07, 6.45) is 5.10. The number of H-pyrrole nitrogens is 1. The maximum atomic E-state index is 14.9. The van der Waals surface area contributed by atoms with Gasteiger partial charge in [-0.15, -0.1) is 0 Å². The Morgan fingerprint density at radius 1 is 1.25 bits per heavy atom. The average molecular weight is 742 g/mol. The van der Waals surface area contributed by atoms with Gasteiger partial charge in [-0.05, 0) is 81.2 Å². The van der Waals surface area contributed by atoms with Gasteiger partial charge in [-0.25, -0.2) is 19.6 Å². The van der Waals surface area contributed by atoms with Crippen molar-refractivity contribution >= 4 is 40.4 Å². The molecule has 3 N–H and O–H groups in total. The number of piperidine rings is 1. The van der Waals surface area contributed by atoms with E-state index in [1.807, 2.05) is 6.08 Å². The SMILES string of the molecule is C=CN=C(C(=O)N1CCC2(CC1)CC(C1CC1)c1ncnc(C3=CCOCC3)[nH]n(CC(=O)Nc3ccc(C(F)(F)F)cc3Cl)c(=O)c12)/C(O)=C\C. The number of rotatable bonds is 8. The van der Waals surface area contributed by atoms with Gasteiger partial charge in [0.15, 0.2) is 5.71 Å². The van der Waals surface area contributed by atoms with Crippen LogP contribution >= 0.6 is 11.6 Å². The van der Waals surface area contributed by atoms with Crippen molar-refractivity contribution in [1.82, 2.24) is 24.6 Å². The molecular formula is C36H39ClF3N7O5. The van der Waals surface area contributed by atoms with E-state index in [1.165, 1.54) is 23.3 Å². The van der Waals surface area contributed by atoms with Crippen molar-refractivity contribution in [1.29, 1.82) is 0 Å². The number of halogens is 4. The number of amides is 2. The molecule has 16 heteroatoms. The first-order chi connectivity index (χ1) is 24.8. The van der Waals surface area contributed by atoms with Gasteiger partial charge in [-0.2, -0.15) is 13.2 Å². The Morgan fingerprint density at radius 3 is 2.62 bits per heavy atom. The van der Waals surface area contributed by atoms with Gasteiger partial charge in [0.25, 0.3) is 11.5 Å². The van der Waals surface area contributed by atoms with E-state index in [0.717, 1.165) is 36.6 Å². The second-order valence-corrected chi connectivity index (χ2v) is 13.7. The molecule has 1 spiro atoms. The molecule has 4 aliphatic rings. The fraction of sp³-hybridized carbons (Fsp3) is 0.444. The molecule has 1 atom stereocenters. The Hall–Kier alpha value is -4.76. The monoisotopic (exact) mass is 741 g/mol. The number of fused-ring (bicyclic) bond motifs is 2.